The largest absolute Gasteiger partial charge is 0.304 e. The Morgan fingerprint density at radius 3 is 2.55 bits per heavy atom. The van der Waals surface area contributed by atoms with Gasteiger partial charge in [-0.3, -0.25) is 0 Å². The van der Waals surface area contributed by atoms with Crippen molar-refractivity contribution in [2.75, 3.05) is 0 Å². The van der Waals surface area contributed by atoms with Crippen LogP contribution in [0.2, 0.25) is 0 Å². The first-order valence-corrected chi connectivity index (χ1v) is 7.80. The maximum Gasteiger partial charge on any atom is 0.0420 e. The predicted octanol–water partition coefficient (Wildman–Crippen LogP) is 5.23. The molecule has 0 spiro atoms. The number of hydrogen-bond donors (Lipinski definition) is 1. The molecule has 104 valence electrons. The highest BCUT2D eigenvalue weighted by atomic mass is 14.5. The molecule has 0 amide bonds. The van der Waals surface area contributed by atoms with E-state index in [1.807, 2.05) is 0 Å². The Morgan fingerprint density at radius 2 is 1.85 bits per heavy atom. The summed E-state index contributed by atoms with van der Waals surface area (Å²) in [5.74, 6) is 0.829. The summed E-state index contributed by atoms with van der Waals surface area (Å²) in [6, 6.07) is 8.51. The third kappa shape index (κ3) is 2.63. The van der Waals surface area contributed by atoms with Crippen molar-refractivity contribution in [3.8, 4) is 0 Å². The summed E-state index contributed by atoms with van der Waals surface area (Å²) >= 11 is 0. The zero-order valence-electron chi connectivity index (χ0n) is 12.2. The van der Waals surface area contributed by atoms with E-state index in [0.717, 1.165) is 5.71 Å². The fourth-order valence-corrected chi connectivity index (χ4v) is 3.49. The van der Waals surface area contributed by atoms with E-state index in [2.05, 4.69) is 49.4 Å². The summed E-state index contributed by atoms with van der Waals surface area (Å²) in [4.78, 5) is 0. The number of benzene rings is 1. The number of allylic oxidation sites excluding steroid dienone is 4. The molecule has 1 atom stereocenters. The summed E-state index contributed by atoms with van der Waals surface area (Å²) < 4.78 is 0. The Bertz CT molecular complexity index is 559. The quantitative estimate of drug-likeness (QED) is 0.723. The molecule has 1 N–H and O–H groups in total. The minimum Gasteiger partial charge on any atom is -0.304 e. The molecular formula is C19H23N. The zero-order chi connectivity index (χ0) is 13.9. The van der Waals surface area contributed by atoms with E-state index in [1.54, 1.807) is 0 Å². The third-order valence-corrected chi connectivity index (χ3v) is 4.63. The van der Waals surface area contributed by atoms with E-state index >= 15 is 0 Å². The van der Waals surface area contributed by atoms with Gasteiger partial charge >= 0.3 is 0 Å². The molecule has 2 aliphatic carbocycles. The van der Waals surface area contributed by atoms with E-state index < -0.39 is 0 Å². The molecule has 1 heteroatoms. The van der Waals surface area contributed by atoms with Gasteiger partial charge in [0.05, 0.1) is 0 Å². The standard InChI is InChI=1S/C19H23N/c1-14-11-12-16(13-14)17-9-5-6-10-18(17)19(20)15-7-3-2-4-8-15/h5-6,9-13,15-16,20H,2-4,7-8H2,1H3. The normalized spacial score (nSPS) is 22.9. The van der Waals surface area contributed by atoms with Crippen molar-refractivity contribution in [1.29, 1.82) is 5.41 Å². The fourth-order valence-electron chi connectivity index (χ4n) is 3.49. The van der Waals surface area contributed by atoms with Crippen LogP contribution in [-0.2, 0) is 0 Å². The van der Waals surface area contributed by atoms with Crippen molar-refractivity contribution < 1.29 is 0 Å². The van der Waals surface area contributed by atoms with E-state index in [1.165, 1.54) is 48.8 Å². The summed E-state index contributed by atoms with van der Waals surface area (Å²) in [6.07, 6.45) is 13.1. The van der Waals surface area contributed by atoms with Crippen molar-refractivity contribution in [1.82, 2.24) is 0 Å². The molecular weight excluding hydrogens is 242 g/mol. The third-order valence-electron chi connectivity index (χ3n) is 4.63. The highest BCUT2D eigenvalue weighted by Gasteiger charge is 2.23. The molecule has 3 rings (SSSR count). The lowest BCUT2D eigenvalue weighted by atomic mass is 9.81. The Labute approximate surface area is 121 Å². The minimum absolute atomic E-state index is 0.357. The molecule has 1 saturated carbocycles. The average Bonchev–Trinajstić information content (AvgIpc) is 2.94. The van der Waals surface area contributed by atoms with Crippen molar-refractivity contribution >= 4 is 5.71 Å². The van der Waals surface area contributed by atoms with Gasteiger partial charge in [-0.1, -0.05) is 67.3 Å². The lowest BCUT2D eigenvalue weighted by Crippen LogP contribution is -2.19. The van der Waals surface area contributed by atoms with Gasteiger partial charge in [-0.05, 0) is 30.9 Å². The molecule has 2 aliphatic rings. The van der Waals surface area contributed by atoms with Crippen LogP contribution in [0.15, 0.2) is 48.1 Å². The smallest absolute Gasteiger partial charge is 0.0420 e. The summed E-state index contributed by atoms with van der Waals surface area (Å²) in [5, 5.41) is 8.63. The maximum atomic E-state index is 8.63. The number of hydrogen-bond acceptors (Lipinski definition) is 1. The summed E-state index contributed by atoms with van der Waals surface area (Å²) in [6.45, 7) is 2.14. The van der Waals surface area contributed by atoms with Gasteiger partial charge in [0.2, 0.25) is 0 Å². The van der Waals surface area contributed by atoms with Crippen molar-refractivity contribution in [2.24, 2.45) is 5.92 Å². The van der Waals surface area contributed by atoms with Crippen LogP contribution < -0.4 is 0 Å². The first kappa shape index (κ1) is 13.4. The number of nitrogens with one attached hydrogen (secondary N) is 1. The average molecular weight is 265 g/mol. The molecule has 1 aromatic rings. The van der Waals surface area contributed by atoms with Crippen LogP contribution in [0.4, 0.5) is 0 Å². The Morgan fingerprint density at radius 1 is 1.10 bits per heavy atom. The molecule has 0 bridgehead atoms. The molecule has 1 nitrogen and oxygen atoms in total. The van der Waals surface area contributed by atoms with Crippen LogP contribution in [0.25, 0.3) is 0 Å². The zero-order valence-corrected chi connectivity index (χ0v) is 12.2. The first-order valence-electron chi connectivity index (χ1n) is 7.80. The SMILES string of the molecule is CC1=CC(c2ccccc2C(=N)C2CCCCC2)C=C1. The van der Waals surface area contributed by atoms with Crippen molar-refractivity contribution in [3.63, 3.8) is 0 Å². The van der Waals surface area contributed by atoms with Crippen LogP contribution in [0.1, 0.15) is 56.1 Å². The monoisotopic (exact) mass is 265 g/mol. The fraction of sp³-hybridized carbons (Fsp3) is 0.421. The van der Waals surface area contributed by atoms with Crippen LogP contribution in [0.5, 0.6) is 0 Å². The second-order valence-electron chi connectivity index (χ2n) is 6.13. The van der Waals surface area contributed by atoms with E-state index in [9.17, 15) is 0 Å². The lowest BCUT2D eigenvalue weighted by Gasteiger charge is -2.24. The molecule has 0 aromatic heterocycles. The van der Waals surface area contributed by atoms with Crippen LogP contribution >= 0.6 is 0 Å². The van der Waals surface area contributed by atoms with E-state index in [0.29, 0.717) is 11.8 Å². The van der Waals surface area contributed by atoms with Gasteiger partial charge in [-0.25, -0.2) is 0 Å². The molecule has 1 unspecified atom stereocenters. The van der Waals surface area contributed by atoms with Gasteiger partial charge in [0.15, 0.2) is 0 Å². The van der Waals surface area contributed by atoms with Crippen LogP contribution in [-0.4, -0.2) is 5.71 Å². The molecule has 20 heavy (non-hydrogen) atoms. The minimum atomic E-state index is 0.357. The second kappa shape index (κ2) is 5.78. The van der Waals surface area contributed by atoms with Gasteiger partial charge in [-0.15, -0.1) is 0 Å². The van der Waals surface area contributed by atoms with Crippen molar-refractivity contribution in [2.45, 2.75) is 44.9 Å². The topological polar surface area (TPSA) is 23.9 Å². The van der Waals surface area contributed by atoms with Gasteiger partial charge in [0, 0.05) is 17.5 Å². The molecule has 0 radical (unpaired) electrons. The van der Waals surface area contributed by atoms with Crippen LogP contribution in [0, 0.1) is 11.3 Å². The van der Waals surface area contributed by atoms with Crippen molar-refractivity contribution in [3.05, 3.63) is 59.2 Å². The first-order chi connectivity index (χ1) is 9.75. The Kier molecular flexibility index (Phi) is 3.86. The molecule has 1 aromatic carbocycles. The summed E-state index contributed by atoms with van der Waals surface area (Å²) in [7, 11) is 0. The van der Waals surface area contributed by atoms with Gasteiger partial charge in [0.25, 0.3) is 0 Å². The van der Waals surface area contributed by atoms with Gasteiger partial charge < -0.3 is 5.41 Å². The second-order valence-corrected chi connectivity index (χ2v) is 6.13. The predicted molar refractivity (Wildman–Crippen MR) is 85.5 cm³/mol. The Hall–Kier alpha value is -1.63. The highest BCUT2D eigenvalue weighted by molar-refractivity contribution is 6.01. The molecule has 0 heterocycles. The van der Waals surface area contributed by atoms with E-state index in [4.69, 9.17) is 5.41 Å². The summed E-state index contributed by atoms with van der Waals surface area (Å²) in [5.41, 5.74) is 4.66. The van der Waals surface area contributed by atoms with Gasteiger partial charge in [0.1, 0.15) is 0 Å². The Balaban J connectivity index is 1.89. The number of rotatable bonds is 3. The molecule has 1 fully saturated rings. The maximum absolute atomic E-state index is 8.63. The lowest BCUT2D eigenvalue weighted by molar-refractivity contribution is 0.438. The van der Waals surface area contributed by atoms with Crippen LogP contribution in [0.3, 0.4) is 0 Å². The molecule has 0 aliphatic heterocycles. The highest BCUT2D eigenvalue weighted by Crippen LogP contribution is 2.33. The van der Waals surface area contributed by atoms with Gasteiger partial charge in [-0.2, -0.15) is 0 Å². The van der Waals surface area contributed by atoms with E-state index in [-0.39, 0.29) is 0 Å². The molecule has 0 saturated heterocycles.